The quantitative estimate of drug-likeness (QED) is 0.109. The molecule has 0 unspecified atom stereocenters. The number of hydrogen-bond acceptors (Lipinski definition) is 5. The van der Waals surface area contributed by atoms with E-state index in [-0.39, 0.29) is 35.6 Å². The van der Waals surface area contributed by atoms with Gasteiger partial charge in [-0.25, -0.2) is 0 Å². The van der Waals surface area contributed by atoms with Gasteiger partial charge in [0.15, 0.2) is 14.6 Å². The van der Waals surface area contributed by atoms with E-state index in [4.69, 9.17) is 18.6 Å². The molecule has 2 saturated heterocycles. The molecule has 6 heteroatoms. The smallest absolute Gasteiger partial charge is 0.192 e. The van der Waals surface area contributed by atoms with E-state index in [1.165, 1.54) is 56.9 Å². The zero-order valence-electron chi connectivity index (χ0n) is 25.7. The van der Waals surface area contributed by atoms with E-state index >= 15 is 0 Å². The first-order chi connectivity index (χ1) is 18.6. The fourth-order valence-electron chi connectivity index (χ4n) is 5.61. The highest BCUT2D eigenvalue weighted by molar-refractivity contribution is 6.74. The van der Waals surface area contributed by atoms with Crippen molar-refractivity contribution in [1.82, 2.24) is 0 Å². The fourth-order valence-corrected chi connectivity index (χ4v) is 6.95. The Hall–Kier alpha value is -1.05. The van der Waals surface area contributed by atoms with Gasteiger partial charge in [0.05, 0.1) is 37.1 Å². The van der Waals surface area contributed by atoms with E-state index < -0.39 is 14.4 Å². The molecule has 0 amide bonds. The second-order valence-electron chi connectivity index (χ2n) is 13.3. The highest BCUT2D eigenvalue weighted by atomic mass is 28.4. The highest BCUT2D eigenvalue weighted by Gasteiger charge is 2.48. The minimum Gasteiger partial charge on any atom is -0.411 e. The monoisotopic (exact) mass is 560 g/mol. The van der Waals surface area contributed by atoms with Crippen LogP contribution in [-0.2, 0) is 30.0 Å². The van der Waals surface area contributed by atoms with Gasteiger partial charge < -0.3 is 23.4 Å². The molecule has 2 aliphatic heterocycles. The van der Waals surface area contributed by atoms with E-state index in [9.17, 15) is 4.79 Å². The van der Waals surface area contributed by atoms with E-state index in [0.717, 1.165) is 32.0 Å². The molecule has 0 radical (unpaired) electrons. The van der Waals surface area contributed by atoms with Gasteiger partial charge in [0.25, 0.3) is 0 Å². The number of ether oxygens (including phenoxy) is 3. The Morgan fingerprint density at radius 2 is 1.62 bits per heavy atom. The molecule has 1 aromatic rings. The molecule has 0 bridgehead atoms. The molecular weight excluding hydrogens is 504 g/mol. The van der Waals surface area contributed by atoms with Crippen molar-refractivity contribution in [3.05, 3.63) is 35.9 Å². The Labute approximate surface area is 239 Å². The lowest BCUT2D eigenvalue weighted by Gasteiger charge is -2.38. The third-order valence-corrected chi connectivity index (χ3v) is 13.6. The van der Waals surface area contributed by atoms with Crippen LogP contribution in [0.2, 0.25) is 18.1 Å². The zero-order chi connectivity index (χ0) is 28.3. The summed E-state index contributed by atoms with van der Waals surface area (Å²) >= 11 is 0. The summed E-state index contributed by atoms with van der Waals surface area (Å²) in [5.74, 6) is 0. The summed E-state index contributed by atoms with van der Waals surface area (Å²) in [5, 5.41) is 0.0896. The molecule has 0 N–H and O–H groups in total. The Balaban J connectivity index is 1.54. The van der Waals surface area contributed by atoms with Gasteiger partial charge in [0, 0.05) is 6.42 Å². The maximum Gasteiger partial charge on any atom is 0.192 e. The molecule has 222 valence electrons. The zero-order valence-corrected chi connectivity index (χ0v) is 26.7. The Kier molecular flexibility index (Phi) is 13.2. The van der Waals surface area contributed by atoms with Gasteiger partial charge in [-0.15, -0.1) is 0 Å². The summed E-state index contributed by atoms with van der Waals surface area (Å²) in [4.78, 5) is 11.9. The van der Waals surface area contributed by atoms with E-state index in [2.05, 4.69) is 65.1 Å². The van der Waals surface area contributed by atoms with Crippen molar-refractivity contribution in [2.75, 3.05) is 0 Å². The molecule has 2 heterocycles. The van der Waals surface area contributed by atoms with Crippen LogP contribution in [0.25, 0.3) is 0 Å². The molecule has 2 fully saturated rings. The largest absolute Gasteiger partial charge is 0.411 e. The molecule has 6 atom stereocenters. The number of carbonyl (C=O) groups excluding carboxylic acids is 1. The first-order valence-electron chi connectivity index (χ1n) is 15.7. The third-order valence-electron chi connectivity index (χ3n) is 9.11. The van der Waals surface area contributed by atoms with Gasteiger partial charge in [0.1, 0.15) is 6.10 Å². The normalized spacial score (nSPS) is 26.7. The maximum atomic E-state index is 11.9. The molecule has 1 aromatic carbocycles. The van der Waals surface area contributed by atoms with Crippen LogP contribution in [-0.4, -0.2) is 51.2 Å². The van der Waals surface area contributed by atoms with Crippen molar-refractivity contribution >= 4 is 14.6 Å². The van der Waals surface area contributed by atoms with Crippen LogP contribution < -0.4 is 0 Å². The van der Waals surface area contributed by atoms with Gasteiger partial charge in [0.2, 0.25) is 0 Å². The summed E-state index contributed by atoms with van der Waals surface area (Å²) in [6.45, 7) is 14.1. The molecule has 0 spiro atoms. The summed E-state index contributed by atoms with van der Waals surface area (Å²) in [6.07, 6.45) is 14.4. The van der Waals surface area contributed by atoms with Crippen LogP contribution in [0.4, 0.5) is 0 Å². The Morgan fingerprint density at radius 1 is 0.949 bits per heavy atom. The lowest BCUT2D eigenvalue weighted by atomic mass is 10.0. The topological polar surface area (TPSA) is 54.0 Å². The predicted molar refractivity (Wildman–Crippen MR) is 162 cm³/mol. The summed E-state index contributed by atoms with van der Waals surface area (Å²) < 4.78 is 26.0. The van der Waals surface area contributed by atoms with Crippen molar-refractivity contribution < 1.29 is 23.4 Å². The third kappa shape index (κ3) is 10.1. The lowest BCUT2D eigenvalue weighted by Crippen LogP contribution is -2.46. The Morgan fingerprint density at radius 3 is 2.26 bits per heavy atom. The number of hydrogen-bond donors (Lipinski definition) is 0. The van der Waals surface area contributed by atoms with E-state index in [1.54, 1.807) is 0 Å². The number of aldehydes is 1. The van der Waals surface area contributed by atoms with Crippen LogP contribution >= 0.6 is 0 Å². The molecule has 0 saturated carbocycles. The van der Waals surface area contributed by atoms with Crippen molar-refractivity contribution in [3.8, 4) is 0 Å². The van der Waals surface area contributed by atoms with Gasteiger partial charge in [-0.1, -0.05) is 109 Å². The van der Waals surface area contributed by atoms with Crippen LogP contribution in [0.3, 0.4) is 0 Å². The average Bonchev–Trinajstić information content (AvgIpc) is 3.54. The van der Waals surface area contributed by atoms with Gasteiger partial charge >= 0.3 is 0 Å². The maximum absolute atomic E-state index is 11.9. The van der Waals surface area contributed by atoms with Crippen molar-refractivity contribution in [1.29, 1.82) is 0 Å². The van der Waals surface area contributed by atoms with Crippen molar-refractivity contribution in [2.24, 2.45) is 0 Å². The van der Waals surface area contributed by atoms with Crippen LogP contribution in [0.15, 0.2) is 30.3 Å². The number of unbranched alkanes of at least 4 members (excludes halogenated alkanes) is 7. The minimum absolute atomic E-state index is 0.00754. The number of rotatable bonds is 17. The highest BCUT2D eigenvalue weighted by Crippen LogP contribution is 2.41. The molecular formula is C33H56O5Si. The van der Waals surface area contributed by atoms with Crippen molar-refractivity contribution in [3.63, 3.8) is 0 Å². The van der Waals surface area contributed by atoms with Gasteiger partial charge in [-0.05, 0) is 43.0 Å². The van der Waals surface area contributed by atoms with Crippen molar-refractivity contribution in [2.45, 2.75) is 166 Å². The lowest BCUT2D eigenvalue weighted by molar-refractivity contribution is -0.130. The van der Waals surface area contributed by atoms with E-state index in [1.807, 2.05) is 6.07 Å². The van der Waals surface area contributed by atoms with Gasteiger partial charge in [-0.2, -0.15) is 0 Å². The first-order valence-corrected chi connectivity index (χ1v) is 18.6. The van der Waals surface area contributed by atoms with Crippen LogP contribution in [0.1, 0.15) is 110 Å². The standard InChI is InChI=1S/C33H56O5Si/c1-7-8-9-10-11-12-13-17-20-27(35-25-26-18-15-14-16-19-26)28-21-22-29(36-28)30-23-31(32(24-34)37-30)38-39(5,6)33(2,3)4/h14-16,18-19,24,27-32H,7-13,17,20-23,25H2,1-6H3/t27-,28-,29-,30-,31-,32+/m1/s1. The molecule has 39 heavy (non-hydrogen) atoms. The summed E-state index contributed by atoms with van der Waals surface area (Å²) in [5.41, 5.74) is 1.20. The van der Waals surface area contributed by atoms with Crippen LogP contribution in [0, 0.1) is 0 Å². The SMILES string of the molecule is CCCCCCCCCC[C@@H](OCc1ccccc1)[C@H]1CC[C@H]([C@H]2C[C@@H](O[Si](C)(C)C(C)(C)C)[C@H](C=O)O2)O1. The first kappa shape index (κ1) is 32.5. The average molecular weight is 561 g/mol. The second-order valence-corrected chi connectivity index (χ2v) is 18.1. The molecule has 2 aliphatic rings. The molecule has 0 aromatic heterocycles. The van der Waals surface area contributed by atoms with Gasteiger partial charge in [-0.3, -0.25) is 0 Å². The van der Waals surface area contributed by atoms with Crippen LogP contribution in [0.5, 0.6) is 0 Å². The summed E-state index contributed by atoms with van der Waals surface area (Å²) in [7, 11) is -2.00. The molecule has 5 nitrogen and oxygen atoms in total. The molecule has 3 rings (SSSR count). The molecule has 0 aliphatic carbocycles. The summed E-state index contributed by atoms with van der Waals surface area (Å²) in [6, 6.07) is 10.4. The minimum atomic E-state index is -2.00. The fraction of sp³-hybridized carbons (Fsp3) is 0.788. The Bertz CT molecular complexity index is 823. The predicted octanol–water partition coefficient (Wildman–Crippen LogP) is 8.40. The number of benzene rings is 1. The number of carbonyl (C=O) groups is 1. The second kappa shape index (κ2) is 15.8. The van der Waals surface area contributed by atoms with E-state index in [0.29, 0.717) is 6.61 Å².